The van der Waals surface area contributed by atoms with Gasteiger partial charge in [-0.05, 0) is 43.5 Å². The Balaban J connectivity index is 1.57. The average Bonchev–Trinajstić information content (AvgIpc) is 3.57. The summed E-state index contributed by atoms with van der Waals surface area (Å²) < 4.78 is 31.0. The lowest BCUT2D eigenvalue weighted by Crippen LogP contribution is -2.38. The van der Waals surface area contributed by atoms with E-state index in [1.807, 2.05) is 17.6 Å². The van der Waals surface area contributed by atoms with Crippen LogP contribution in [0.5, 0.6) is 0 Å². The minimum atomic E-state index is -2.69. The average molecular weight is 510 g/mol. The largest absolute Gasteiger partial charge is 0.383 e. The molecule has 0 bridgehead atoms. The number of carbonyl (C=O) groups is 1. The number of anilines is 1. The second-order valence-electron chi connectivity index (χ2n) is 8.47. The summed E-state index contributed by atoms with van der Waals surface area (Å²) in [6.45, 7) is 6.27. The van der Waals surface area contributed by atoms with Crippen molar-refractivity contribution in [1.82, 2.24) is 29.2 Å². The van der Waals surface area contributed by atoms with Crippen molar-refractivity contribution in [2.24, 2.45) is 0 Å². The molecule has 8 nitrogen and oxygen atoms in total. The highest BCUT2D eigenvalue weighted by molar-refractivity contribution is 6.32. The van der Waals surface area contributed by atoms with Gasteiger partial charge in [-0.1, -0.05) is 24.1 Å². The number of nitrogens with zero attached hydrogens (tertiary/aromatic N) is 6. The smallest absolute Gasteiger partial charge is 0.258 e. The third-order valence-electron chi connectivity index (χ3n) is 6.43. The molecule has 1 unspecified atom stereocenters. The number of hydrogen-bond acceptors (Lipinski definition) is 5. The minimum Gasteiger partial charge on any atom is -0.383 e. The molecule has 1 fully saturated rings. The van der Waals surface area contributed by atoms with Gasteiger partial charge in [0.1, 0.15) is 11.5 Å². The maximum atomic E-state index is 13.7. The summed E-state index contributed by atoms with van der Waals surface area (Å²) in [5.41, 5.74) is 9.34. The number of aryl methyl sites for hydroxylation is 1. The van der Waals surface area contributed by atoms with Gasteiger partial charge < -0.3 is 15.2 Å². The Morgan fingerprint density at radius 3 is 2.86 bits per heavy atom. The zero-order valence-electron chi connectivity index (χ0n) is 19.3. The van der Waals surface area contributed by atoms with E-state index in [-0.39, 0.29) is 18.8 Å². The fraction of sp³-hybridized carbons (Fsp3) is 0.280. The van der Waals surface area contributed by atoms with Crippen LogP contribution in [-0.2, 0) is 11.3 Å². The molecule has 1 aromatic carbocycles. The Labute approximate surface area is 210 Å². The van der Waals surface area contributed by atoms with Gasteiger partial charge in [0.25, 0.3) is 6.43 Å². The predicted molar refractivity (Wildman–Crippen MR) is 134 cm³/mol. The number of hydrogen-bond donors (Lipinski definition) is 1. The number of rotatable bonds is 4. The normalized spacial score (nSPS) is 17.6. The molecule has 11 heteroatoms. The monoisotopic (exact) mass is 509 g/mol. The van der Waals surface area contributed by atoms with Crippen LogP contribution in [0, 0.1) is 11.8 Å². The van der Waals surface area contributed by atoms with Gasteiger partial charge in [0, 0.05) is 24.8 Å². The molecule has 36 heavy (non-hydrogen) atoms. The number of nitrogens with two attached hydrogens (primary N) is 1. The predicted octanol–water partition coefficient (Wildman–Crippen LogP) is 4.03. The topological polar surface area (TPSA) is 94.9 Å². The Morgan fingerprint density at radius 2 is 2.14 bits per heavy atom. The van der Waals surface area contributed by atoms with Gasteiger partial charge in [0.2, 0.25) is 5.91 Å². The van der Waals surface area contributed by atoms with Crippen LogP contribution >= 0.6 is 11.6 Å². The lowest BCUT2D eigenvalue weighted by molar-refractivity contribution is -0.129. The molecule has 184 valence electrons. The third kappa shape index (κ3) is 3.95. The molecule has 0 saturated carbocycles. The third-order valence-corrected chi connectivity index (χ3v) is 6.74. The molecule has 1 aliphatic heterocycles. The van der Waals surface area contributed by atoms with Crippen molar-refractivity contribution in [1.29, 1.82) is 0 Å². The maximum absolute atomic E-state index is 13.7. The van der Waals surface area contributed by atoms with E-state index < -0.39 is 24.4 Å². The number of amides is 1. The van der Waals surface area contributed by atoms with Gasteiger partial charge in [-0.25, -0.2) is 18.7 Å². The van der Waals surface area contributed by atoms with Crippen molar-refractivity contribution in [3.63, 3.8) is 0 Å². The first-order valence-electron chi connectivity index (χ1n) is 11.3. The SMILES string of the molecule is C=CC(=O)N1C[C@@H](n2nc(C#Cc3cc4ncn(CC)c4cc3Cl)c3c(N)nccc32)CC1C(F)F. The van der Waals surface area contributed by atoms with Crippen molar-refractivity contribution in [3.05, 3.63) is 59.7 Å². The van der Waals surface area contributed by atoms with Gasteiger partial charge >= 0.3 is 0 Å². The van der Waals surface area contributed by atoms with Crippen molar-refractivity contribution < 1.29 is 13.6 Å². The number of aromatic nitrogens is 5. The minimum absolute atomic E-state index is 0.0334. The summed E-state index contributed by atoms with van der Waals surface area (Å²) in [7, 11) is 0. The van der Waals surface area contributed by atoms with E-state index in [2.05, 4.69) is 33.5 Å². The van der Waals surface area contributed by atoms with E-state index in [1.165, 1.54) is 6.20 Å². The molecule has 3 aromatic heterocycles. The van der Waals surface area contributed by atoms with Crippen molar-refractivity contribution in [2.45, 2.75) is 38.4 Å². The van der Waals surface area contributed by atoms with Crippen LogP contribution < -0.4 is 5.73 Å². The van der Waals surface area contributed by atoms with E-state index in [1.54, 1.807) is 23.1 Å². The number of imidazole rings is 1. The zero-order chi connectivity index (χ0) is 25.6. The molecule has 4 heterocycles. The standard InChI is InChI=1S/C25H22ClF2N7O/c1-3-22(36)34-12-15(10-21(34)24(27)28)35-19-7-8-30-25(29)23(19)17(32-35)6-5-14-9-18-20(11-16(14)26)33(4-2)13-31-18/h3,7-9,11,13,15,21,24H,1,4,10,12H2,2H3,(H2,29,30)/t15-,21?/m0/s1. The molecule has 0 spiro atoms. The second kappa shape index (κ2) is 9.24. The summed E-state index contributed by atoms with van der Waals surface area (Å²) in [5, 5.41) is 5.60. The lowest BCUT2D eigenvalue weighted by atomic mass is 10.1. The molecule has 1 amide bonds. The van der Waals surface area contributed by atoms with E-state index in [9.17, 15) is 13.6 Å². The fourth-order valence-electron chi connectivity index (χ4n) is 4.66. The maximum Gasteiger partial charge on any atom is 0.258 e. The molecule has 2 atom stereocenters. The molecular formula is C25H22ClF2N7O. The lowest BCUT2D eigenvalue weighted by Gasteiger charge is -2.21. The van der Waals surface area contributed by atoms with E-state index in [0.29, 0.717) is 27.2 Å². The first-order chi connectivity index (χ1) is 17.3. The van der Waals surface area contributed by atoms with E-state index >= 15 is 0 Å². The summed E-state index contributed by atoms with van der Waals surface area (Å²) in [5.74, 6) is 5.75. The van der Waals surface area contributed by atoms with E-state index in [0.717, 1.165) is 28.6 Å². The Kier molecular flexibility index (Phi) is 6.10. The fourth-order valence-corrected chi connectivity index (χ4v) is 4.87. The van der Waals surface area contributed by atoms with E-state index in [4.69, 9.17) is 17.3 Å². The number of halogens is 3. The van der Waals surface area contributed by atoms with Crippen LogP contribution in [0.1, 0.15) is 30.6 Å². The molecule has 0 aliphatic carbocycles. The highest BCUT2D eigenvalue weighted by atomic mass is 35.5. The van der Waals surface area contributed by atoms with Gasteiger partial charge in [-0.2, -0.15) is 5.10 Å². The van der Waals surface area contributed by atoms with Gasteiger partial charge in [0.15, 0.2) is 0 Å². The van der Waals surface area contributed by atoms with Crippen LogP contribution in [0.25, 0.3) is 21.9 Å². The van der Waals surface area contributed by atoms with Crippen LogP contribution in [0.3, 0.4) is 0 Å². The number of nitrogen functional groups attached to an aromatic ring is 1. The molecule has 1 saturated heterocycles. The van der Waals surface area contributed by atoms with Crippen LogP contribution in [0.15, 0.2) is 43.4 Å². The molecule has 0 radical (unpaired) electrons. The number of pyridine rings is 1. The quantitative estimate of drug-likeness (QED) is 0.331. The Hall–Kier alpha value is -3.97. The molecule has 5 rings (SSSR count). The Morgan fingerprint density at radius 1 is 1.33 bits per heavy atom. The number of likely N-dealkylation sites (tertiary alicyclic amines) is 1. The number of carbonyl (C=O) groups excluding carboxylic acids is 1. The van der Waals surface area contributed by atoms with Crippen molar-refractivity contribution >= 4 is 45.3 Å². The molecule has 1 aliphatic rings. The summed E-state index contributed by atoms with van der Waals surface area (Å²) >= 11 is 6.50. The van der Waals surface area contributed by atoms with Crippen LogP contribution in [0.2, 0.25) is 5.02 Å². The zero-order valence-corrected chi connectivity index (χ0v) is 20.1. The summed E-state index contributed by atoms with van der Waals surface area (Å²) in [4.78, 5) is 21.9. The first-order valence-corrected chi connectivity index (χ1v) is 11.7. The number of fused-ring (bicyclic) bond motifs is 2. The highest BCUT2D eigenvalue weighted by Crippen LogP contribution is 2.34. The number of benzene rings is 1. The van der Waals surface area contributed by atoms with Gasteiger partial charge in [0.05, 0.1) is 45.4 Å². The highest BCUT2D eigenvalue weighted by Gasteiger charge is 2.41. The number of alkyl halides is 2. The van der Waals surface area contributed by atoms with Crippen LogP contribution in [0.4, 0.5) is 14.6 Å². The summed E-state index contributed by atoms with van der Waals surface area (Å²) in [6.07, 6.45) is 1.65. The van der Waals surface area contributed by atoms with Gasteiger partial charge in [-0.15, -0.1) is 0 Å². The van der Waals surface area contributed by atoms with Gasteiger partial charge in [-0.3, -0.25) is 9.48 Å². The molecule has 4 aromatic rings. The van der Waals surface area contributed by atoms with Crippen LogP contribution in [-0.4, -0.2) is 54.1 Å². The van der Waals surface area contributed by atoms with Crippen molar-refractivity contribution in [2.75, 3.05) is 12.3 Å². The van der Waals surface area contributed by atoms with Crippen molar-refractivity contribution in [3.8, 4) is 11.8 Å². The molecule has 2 N–H and O–H groups in total. The second-order valence-corrected chi connectivity index (χ2v) is 8.88. The summed E-state index contributed by atoms with van der Waals surface area (Å²) in [6, 6.07) is 3.60. The Bertz CT molecular complexity index is 1570. The first kappa shape index (κ1) is 23.8. The molecular weight excluding hydrogens is 488 g/mol.